The lowest BCUT2D eigenvalue weighted by atomic mass is 10.1. The predicted molar refractivity (Wildman–Crippen MR) is 115 cm³/mol. The average Bonchev–Trinajstić information content (AvgIpc) is 3.51. The van der Waals surface area contributed by atoms with Crippen molar-refractivity contribution in [1.82, 2.24) is 25.1 Å². The van der Waals surface area contributed by atoms with E-state index in [2.05, 4.69) is 25.5 Å². The molecular formula is C21H19F3N7OS+. The van der Waals surface area contributed by atoms with Crippen LogP contribution in [0.2, 0.25) is 0 Å². The molecule has 2 aromatic heterocycles. The zero-order valence-corrected chi connectivity index (χ0v) is 18.2. The Morgan fingerprint density at radius 2 is 2.06 bits per heavy atom. The van der Waals surface area contributed by atoms with Crippen molar-refractivity contribution in [2.24, 2.45) is 5.10 Å². The van der Waals surface area contributed by atoms with E-state index in [-0.39, 0.29) is 23.5 Å². The SMILES string of the molecule is Cc1sc(C2=C(C(=O)NC3CCn4nc(-c5ccc(F)cc5)nc4C3)[NH2+]N=C2)nc1C(F)F. The minimum absolute atomic E-state index is 0.173. The molecule has 0 fully saturated rings. The van der Waals surface area contributed by atoms with Gasteiger partial charge in [0.2, 0.25) is 5.70 Å². The van der Waals surface area contributed by atoms with E-state index in [1.165, 1.54) is 23.8 Å². The maximum atomic E-state index is 13.2. The molecule has 170 valence electrons. The molecule has 0 spiro atoms. The minimum atomic E-state index is -2.67. The third-order valence-corrected chi connectivity index (χ3v) is 6.54. The normalized spacial score (nSPS) is 17.7. The summed E-state index contributed by atoms with van der Waals surface area (Å²) in [7, 11) is 0. The van der Waals surface area contributed by atoms with Gasteiger partial charge in [-0.1, -0.05) is 5.10 Å². The molecule has 1 amide bonds. The summed E-state index contributed by atoms with van der Waals surface area (Å²) in [5, 5.41) is 11.9. The van der Waals surface area contributed by atoms with Crippen molar-refractivity contribution in [3.8, 4) is 11.4 Å². The van der Waals surface area contributed by atoms with E-state index in [4.69, 9.17) is 0 Å². The predicted octanol–water partition coefficient (Wildman–Crippen LogP) is 2.19. The van der Waals surface area contributed by atoms with Gasteiger partial charge in [-0.05, 0) is 37.6 Å². The molecule has 2 aliphatic rings. The second kappa shape index (κ2) is 8.52. The van der Waals surface area contributed by atoms with E-state index in [0.717, 1.165) is 17.2 Å². The van der Waals surface area contributed by atoms with Gasteiger partial charge < -0.3 is 5.32 Å². The Hall–Kier alpha value is -3.38. The number of nitrogens with two attached hydrogens (primary N) is 1. The van der Waals surface area contributed by atoms with Crippen LogP contribution in [0.25, 0.3) is 17.0 Å². The third kappa shape index (κ3) is 4.18. The number of hydrogen-bond acceptors (Lipinski definition) is 6. The van der Waals surface area contributed by atoms with Crippen LogP contribution < -0.4 is 10.7 Å². The van der Waals surface area contributed by atoms with Gasteiger partial charge in [-0.25, -0.2) is 27.8 Å². The van der Waals surface area contributed by atoms with Gasteiger partial charge in [-0.3, -0.25) is 4.79 Å². The van der Waals surface area contributed by atoms with Crippen molar-refractivity contribution >= 4 is 29.0 Å². The zero-order valence-electron chi connectivity index (χ0n) is 17.4. The first-order chi connectivity index (χ1) is 15.9. The summed E-state index contributed by atoms with van der Waals surface area (Å²) in [5.74, 6) is 0.563. The first kappa shape index (κ1) is 21.5. The molecule has 0 aliphatic carbocycles. The molecule has 1 atom stereocenters. The number of aryl methyl sites for hydroxylation is 2. The summed E-state index contributed by atoms with van der Waals surface area (Å²) in [5.41, 5.74) is 2.59. The van der Waals surface area contributed by atoms with E-state index >= 15 is 0 Å². The monoisotopic (exact) mass is 474 g/mol. The van der Waals surface area contributed by atoms with Crippen molar-refractivity contribution in [3.63, 3.8) is 0 Å². The number of carbonyl (C=O) groups excluding carboxylic acids is 1. The van der Waals surface area contributed by atoms with Crippen LogP contribution in [-0.4, -0.2) is 37.9 Å². The number of benzene rings is 1. The number of hydrogen-bond donors (Lipinski definition) is 2. The Morgan fingerprint density at radius 1 is 1.27 bits per heavy atom. The van der Waals surface area contributed by atoms with Crippen molar-refractivity contribution in [3.05, 3.63) is 57.2 Å². The number of fused-ring (bicyclic) bond motifs is 1. The van der Waals surface area contributed by atoms with Crippen LogP contribution in [0.15, 0.2) is 35.1 Å². The Morgan fingerprint density at radius 3 is 2.79 bits per heavy atom. The molecule has 0 saturated carbocycles. The molecule has 0 bridgehead atoms. The topological polar surface area (TPSA) is 102 Å². The highest BCUT2D eigenvalue weighted by molar-refractivity contribution is 7.13. The summed E-state index contributed by atoms with van der Waals surface area (Å²) >= 11 is 1.11. The van der Waals surface area contributed by atoms with Gasteiger partial charge in [0, 0.05) is 29.4 Å². The highest BCUT2D eigenvalue weighted by atomic mass is 32.1. The molecule has 8 nitrogen and oxygen atoms in total. The van der Waals surface area contributed by atoms with Gasteiger partial charge in [0.25, 0.3) is 6.43 Å². The van der Waals surface area contributed by atoms with Crippen LogP contribution in [0.3, 0.4) is 0 Å². The number of nitrogens with zero attached hydrogens (tertiary/aromatic N) is 5. The fraction of sp³-hybridized carbons (Fsp3) is 0.286. The maximum Gasteiger partial charge on any atom is 0.308 e. The average molecular weight is 474 g/mol. The standard InChI is InChI=1S/C21H18F3N7OS/c1-10-16(18(23)24)28-21(33-10)14-9-25-29-17(14)20(32)26-13-6-7-31-15(8-13)27-19(30-31)11-2-4-12(22)5-3-11/h2-5,9,13,18H,6-8H2,1H3,(H,25,29)(H,26,32)/p+1. The fourth-order valence-corrected chi connectivity index (χ4v) is 4.76. The first-order valence-corrected chi connectivity index (χ1v) is 11.1. The molecule has 1 aromatic carbocycles. The summed E-state index contributed by atoms with van der Waals surface area (Å²) in [6, 6.07) is 5.79. The number of halogens is 3. The van der Waals surface area contributed by atoms with Gasteiger partial charge in [0.15, 0.2) is 5.82 Å². The van der Waals surface area contributed by atoms with Crippen LogP contribution in [0.5, 0.6) is 0 Å². The number of carbonyl (C=O) groups is 1. The summed E-state index contributed by atoms with van der Waals surface area (Å²) < 4.78 is 41.2. The van der Waals surface area contributed by atoms with E-state index in [1.807, 2.05) is 0 Å². The molecule has 0 saturated heterocycles. The number of quaternary nitrogens is 1. The second-order valence-corrected chi connectivity index (χ2v) is 8.94. The number of amides is 1. The summed E-state index contributed by atoms with van der Waals surface area (Å²) in [6.07, 6.45) is -0.0700. The van der Waals surface area contributed by atoms with Gasteiger partial charge in [-0.2, -0.15) is 10.5 Å². The molecule has 2 aliphatic heterocycles. The van der Waals surface area contributed by atoms with Crippen LogP contribution >= 0.6 is 11.3 Å². The highest BCUT2D eigenvalue weighted by Gasteiger charge is 2.31. The van der Waals surface area contributed by atoms with E-state index in [9.17, 15) is 18.0 Å². The quantitative estimate of drug-likeness (QED) is 0.554. The third-order valence-electron chi connectivity index (χ3n) is 5.52. The molecular weight excluding hydrogens is 455 g/mol. The van der Waals surface area contributed by atoms with Crippen LogP contribution in [0.1, 0.15) is 34.2 Å². The Balaban J connectivity index is 1.31. The van der Waals surface area contributed by atoms with Gasteiger partial charge >= 0.3 is 5.91 Å². The lowest BCUT2D eigenvalue weighted by Crippen LogP contribution is -2.77. The van der Waals surface area contributed by atoms with Crippen molar-refractivity contribution in [1.29, 1.82) is 0 Å². The zero-order chi connectivity index (χ0) is 23.1. The van der Waals surface area contributed by atoms with Crippen LogP contribution in [0, 0.1) is 12.7 Å². The highest BCUT2D eigenvalue weighted by Crippen LogP contribution is 2.30. The Labute approximate surface area is 190 Å². The lowest BCUT2D eigenvalue weighted by molar-refractivity contribution is -0.602. The van der Waals surface area contributed by atoms with Crippen molar-refractivity contribution in [2.75, 3.05) is 0 Å². The molecule has 3 aromatic rings. The Bertz CT molecular complexity index is 1280. The van der Waals surface area contributed by atoms with E-state index < -0.39 is 6.43 Å². The smallest absolute Gasteiger partial charge is 0.308 e. The molecule has 0 radical (unpaired) electrons. The minimum Gasteiger partial charge on any atom is -0.344 e. The second-order valence-electron chi connectivity index (χ2n) is 7.74. The number of aromatic nitrogens is 4. The van der Waals surface area contributed by atoms with Gasteiger partial charge in [0.1, 0.15) is 27.9 Å². The van der Waals surface area contributed by atoms with Crippen LogP contribution in [-0.2, 0) is 17.8 Å². The first-order valence-electron chi connectivity index (χ1n) is 10.3. The van der Waals surface area contributed by atoms with Crippen molar-refractivity contribution < 1.29 is 23.4 Å². The maximum absolute atomic E-state index is 13.2. The van der Waals surface area contributed by atoms with Gasteiger partial charge in [0.05, 0.1) is 6.21 Å². The molecule has 4 heterocycles. The molecule has 1 unspecified atom stereocenters. The number of allylic oxidation sites excluding steroid dienone is 1. The Kier molecular flexibility index (Phi) is 5.54. The van der Waals surface area contributed by atoms with Gasteiger partial charge in [-0.15, -0.1) is 11.3 Å². The van der Waals surface area contributed by atoms with Crippen molar-refractivity contribution in [2.45, 2.75) is 38.8 Å². The largest absolute Gasteiger partial charge is 0.344 e. The lowest BCUT2D eigenvalue weighted by Gasteiger charge is -2.22. The number of thiazole rings is 1. The summed E-state index contributed by atoms with van der Waals surface area (Å²) in [4.78, 5) is 21.9. The van der Waals surface area contributed by atoms with E-state index in [0.29, 0.717) is 51.9 Å². The number of alkyl halides is 2. The molecule has 3 N–H and O–H groups in total. The fourth-order valence-electron chi connectivity index (χ4n) is 3.82. The molecule has 12 heteroatoms. The summed E-state index contributed by atoms with van der Waals surface area (Å²) in [6.45, 7) is 2.15. The number of nitrogens with one attached hydrogen (secondary N) is 1. The molecule has 5 rings (SSSR count). The number of rotatable bonds is 5. The van der Waals surface area contributed by atoms with E-state index in [1.54, 1.807) is 23.7 Å². The molecule has 33 heavy (non-hydrogen) atoms. The van der Waals surface area contributed by atoms with Crippen LogP contribution in [0.4, 0.5) is 13.2 Å².